The Morgan fingerprint density at radius 1 is 1.16 bits per heavy atom. The van der Waals surface area contributed by atoms with Crippen LogP contribution in [0.3, 0.4) is 0 Å². The summed E-state index contributed by atoms with van der Waals surface area (Å²) in [5.74, 6) is -9.59. The molecule has 2 fully saturated rings. The standard InChI is InChI=1S/C22H24N2O8/c1-7-8-5-4-6-9(25)11(8)16(26)12-10(7)17(27)14-15(24(2)3)18(28)13(21(23)31)20(30)22(14,32)19(12)29/h4-6,10,13-15,17-18,25-28,32H,1H2,2-3H3,(H2,23,31)/t10?,13?,14?,15-,17?,18?,22?/m0/s1. The van der Waals surface area contributed by atoms with Crippen LogP contribution >= 0.6 is 0 Å². The number of nitrogens with zero attached hydrogens (tertiary/aromatic N) is 1. The molecule has 7 atom stereocenters. The molecule has 1 aromatic rings. The second-order valence-electron chi connectivity index (χ2n) is 8.77. The zero-order valence-electron chi connectivity index (χ0n) is 17.4. The van der Waals surface area contributed by atoms with Crippen molar-refractivity contribution in [3.05, 3.63) is 41.5 Å². The minimum absolute atomic E-state index is 0.120. The summed E-state index contributed by atoms with van der Waals surface area (Å²) in [7, 11) is 2.98. The largest absolute Gasteiger partial charge is 0.507 e. The van der Waals surface area contributed by atoms with Gasteiger partial charge in [-0.25, -0.2) is 0 Å². The molecule has 7 N–H and O–H groups in total. The molecular formula is C22H24N2O8. The Morgan fingerprint density at radius 2 is 1.78 bits per heavy atom. The van der Waals surface area contributed by atoms with E-state index in [-0.39, 0.29) is 22.4 Å². The van der Waals surface area contributed by atoms with Crippen molar-refractivity contribution in [2.75, 3.05) is 14.1 Å². The SMILES string of the molecule is C=C1c2cccc(O)c2C(O)=C2C(=O)C3(O)C(=O)C(C(N)=O)C(O)[C@@H](N(C)C)C3C(O)C12. The summed E-state index contributed by atoms with van der Waals surface area (Å²) in [6.45, 7) is 3.93. The second-order valence-corrected chi connectivity index (χ2v) is 8.77. The van der Waals surface area contributed by atoms with E-state index in [1.165, 1.54) is 37.2 Å². The fourth-order valence-corrected chi connectivity index (χ4v) is 5.57. The van der Waals surface area contributed by atoms with Gasteiger partial charge in [0.15, 0.2) is 11.4 Å². The molecule has 3 aliphatic carbocycles. The van der Waals surface area contributed by atoms with E-state index in [0.29, 0.717) is 0 Å². The molecule has 10 heteroatoms. The number of rotatable bonds is 2. The molecule has 0 bridgehead atoms. The monoisotopic (exact) mass is 444 g/mol. The van der Waals surface area contributed by atoms with Crippen LogP contribution < -0.4 is 5.73 Å². The molecule has 1 amide bonds. The lowest BCUT2D eigenvalue weighted by Crippen LogP contribution is -2.76. The summed E-state index contributed by atoms with van der Waals surface area (Å²) in [5.41, 5.74) is 2.20. The third-order valence-corrected chi connectivity index (χ3v) is 6.97. The average Bonchev–Trinajstić information content (AvgIpc) is 2.70. The number of ketones is 2. The maximum atomic E-state index is 13.6. The lowest BCUT2D eigenvalue weighted by Gasteiger charge is -2.55. The van der Waals surface area contributed by atoms with Gasteiger partial charge in [-0.05, 0) is 31.3 Å². The van der Waals surface area contributed by atoms with E-state index in [1.54, 1.807) is 0 Å². The first-order valence-corrected chi connectivity index (χ1v) is 9.95. The Kier molecular flexibility index (Phi) is 4.83. The van der Waals surface area contributed by atoms with Crippen LogP contribution in [0.15, 0.2) is 30.4 Å². The van der Waals surface area contributed by atoms with Crippen molar-refractivity contribution >= 4 is 28.8 Å². The number of carbonyl (C=O) groups is 3. The maximum Gasteiger partial charge on any atom is 0.230 e. The number of fused-ring (bicyclic) bond motifs is 3. The first-order valence-electron chi connectivity index (χ1n) is 9.95. The molecule has 4 rings (SSSR count). The molecule has 0 saturated heterocycles. The molecule has 1 aromatic carbocycles. The number of hydrogen-bond donors (Lipinski definition) is 6. The molecule has 170 valence electrons. The predicted octanol–water partition coefficient (Wildman–Crippen LogP) is -1.43. The fraction of sp³-hybridized carbons (Fsp3) is 0.409. The number of aliphatic hydroxyl groups is 4. The van der Waals surface area contributed by atoms with Gasteiger partial charge in [-0.1, -0.05) is 18.7 Å². The molecule has 3 aliphatic rings. The van der Waals surface area contributed by atoms with Crippen molar-refractivity contribution in [3.63, 3.8) is 0 Å². The number of primary amides is 1. The number of hydrogen-bond acceptors (Lipinski definition) is 9. The van der Waals surface area contributed by atoms with Crippen molar-refractivity contribution in [1.82, 2.24) is 4.90 Å². The normalized spacial score (nSPS) is 36.6. The molecule has 0 radical (unpaired) electrons. The van der Waals surface area contributed by atoms with Crippen LogP contribution in [0.25, 0.3) is 11.3 Å². The molecular weight excluding hydrogens is 420 g/mol. The Morgan fingerprint density at radius 3 is 2.34 bits per heavy atom. The van der Waals surface area contributed by atoms with Gasteiger partial charge in [0.25, 0.3) is 0 Å². The second kappa shape index (κ2) is 6.97. The molecule has 10 nitrogen and oxygen atoms in total. The van der Waals surface area contributed by atoms with Crippen LogP contribution in [0.2, 0.25) is 0 Å². The highest BCUT2D eigenvalue weighted by Gasteiger charge is 2.70. The first-order chi connectivity index (χ1) is 14.9. The predicted molar refractivity (Wildman–Crippen MR) is 111 cm³/mol. The van der Waals surface area contributed by atoms with Crippen LogP contribution in [0.5, 0.6) is 5.75 Å². The number of phenols is 1. The van der Waals surface area contributed by atoms with Crippen molar-refractivity contribution in [1.29, 1.82) is 0 Å². The van der Waals surface area contributed by atoms with Crippen LogP contribution in [0, 0.1) is 17.8 Å². The topological polar surface area (TPSA) is 182 Å². The number of benzene rings is 1. The third-order valence-electron chi connectivity index (χ3n) is 6.97. The summed E-state index contributed by atoms with van der Waals surface area (Å²) in [6, 6.07) is 3.10. The Balaban J connectivity index is 2.02. The highest BCUT2D eigenvalue weighted by molar-refractivity contribution is 6.26. The molecule has 2 saturated carbocycles. The Labute approximate surface area is 182 Å². The number of carbonyl (C=O) groups excluding carboxylic acids is 3. The van der Waals surface area contributed by atoms with E-state index in [4.69, 9.17) is 5.73 Å². The minimum atomic E-state index is -2.95. The summed E-state index contributed by atoms with van der Waals surface area (Å²) in [6.07, 6.45) is -3.35. The van der Waals surface area contributed by atoms with E-state index in [1.807, 2.05) is 0 Å². The lowest BCUT2D eigenvalue weighted by atomic mass is 9.52. The van der Waals surface area contributed by atoms with Crippen molar-refractivity contribution in [2.45, 2.75) is 23.9 Å². The van der Waals surface area contributed by atoms with Gasteiger partial charge in [-0.3, -0.25) is 14.4 Å². The lowest BCUT2D eigenvalue weighted by molar-refractivity contribution is -0.196. The quantitative estimate of drug-likeness (QED) is 0.298. The highest BCUT2D eigenvalue weighted by atomic mass is 16.3. The summed E-state index contributed by atoms with van der Waals surface area (Å²) >= 11 is 0. The summed E-state index contributed by atoms with van der Waals surface area (Å²) in [5, 5.41) is 54.8. The van der Waals surface area contributed by atoms with Crippen LogP contribution in [-0.2, 0) is 14.4 Å². The van der Waals surface area contributed by atoms with Gasteiger partial charge >= 0.3 is 0 Å². The maximum absolute atomic E-state index is 13.6. The van der Waals surface area contributed by atoms with Gasteiger partial charge in [0.05, 0.1) is 23.3 Å². The number of amides is 1. The van der Waals surface area contributed by atoms with E-state index >= 15 is 0 Å². The van der Waals surface area contributed by atoms with Crippen molar-refractivity contribution in [3.8, 4) is 5.75 Å². The summed E-state index contributed by atoms with van der Waals surface area (Å²) in [4.78, 5) is 40.2. The zero-order chi connectivity index (χ0) is 23.9. The van der Waals surface area contributed by atoms with Crippen molar-refractivity contribution < 1.29 is 39.9 Å². The van der Waals surface area contributed by atoms with Crippen LogP contribution in [-0.4, -0.2) is 85.9 Å². The minimum Gasteiger partial charge on any atom is -0.507 e. The number of phenolic OH excluding ortho intramolecular Hbond substituents is 1. The average molecular weight is 444 g/mol. The molecule has 0 heterocycles. The van der Waals surface area contributed by atoms with Gasteiger partial charge in [-0.15, -0.1) is 0 Å². The summed E-state index contributed by atoms with van der Waals surface area (Å²) < 4.78 is 0. The molecule has 6 unspecified atom stereocenters. The highest BCUT2D eigenvalue weighted by Crippen LogP contribution is 2.55. The smallest absolute Gasteiger partial charge is 0.230 e. The zero-order valence-corrected chi connectivity index (χ0v) is 17.4. The number of nitrogens with two attached hydrogens (primary N) is 1. The van der Waals surface area contributed by atoms with E-state index in [2.05, 4.69) is 6.58 Å². The van der Waals surface area contributed by atoms with Gasteiger partial charge in [0.2, 0.25) is 11.7 Å². The van der Waals surface area contributed by atoms with Gasteiger partial charge in [-0.2, -0.15) is 0 Å². The number of aliphatic hydroxyl groups excluding tert-OH is 3. The first kappa shape index (κ1) is 22.2. The number of likely N-dealkylation sites (N-methyl/N-ethyl adjacent to an activating group) is 1. The molecule has 0 aromatic heterocycles. The Bertz CT molecular complexity index is 1110. The molecule has 0 aliphatic heterocycles. The fourth-order valence-electron chi connectivity index (χ4n) is 5.57. The van der Waals surface area contributed by atoms with Gasteiger partial charge < -0.3 is 36.2 Å². The van der Waals surface area contributed by atoms with Crippen molar-refractivity contribution in [2.24, 2.45) is 23.5 Å². The van der Waals surface area contributed by atoms with E-state index < -0.39 is 70.4 Å². The molecule has 32 heavy (non-hydrogen) atoms. The molecule has 0 spiro atoms. The van der Waals surface area contributed by atoms with E-state index in [9.17, 15) is 39.9 Å². The third kappa shape index (κ3) is 2.51. The van der Waals surface area contributed by atoms with E-state index in [0.717, 1.165) is 0 Å². The van der Waals surface area contributed by atoms with Gasteiger partial charge in [0.1, 0.15) is 17.4 Å². The van der Waals surface area contributed by atoms with Crippen LogP contribution in [0.1, 0.15) is 11.1 Å². The number of aromatic hydroxyl groups is 1. The number of Topliss-reactive ketones (excluding diaryl/α,β-unsaturated/α-hetero) is 2. The van der Waals surface area contributed by atoms with Gasteiger partial charge in [0, 0.05) is 17.9 Å². The Hall–Kier alpha value is -3.05. The van der Waals surface area contributed by atoms with Crippen LogP contribution in [0.4, 0.5) is 0 Å².